The largest absolute Gasteiger partial charge is 0.491 e. The highest BCUT2D eigenvalue weighted by molar-refractivity contribution is 7.18. The lowest BCUT2D eigenvalue weighted by molar-refractivity contribution is 0.0699. The van der Waals surface area contributed by atoms with Crippen molar-refractivity contribution in [3.8, 4) is 22.9 Å². The van der Waals surface area contributed by atoms with Crippen molar-refractivity contribution in [3.05, 3.63) is 84.9 Å². The second-order valence-corrected chi connectivity index (χ2v) is 11.6. The van der Waals surface area contributed by atoms with Gasteiger partial charge in [0, 0.05) is 33.8 Å². The summed E-state index contributed by atoms with van der Waals surface area (Å²) in [4.78, 5) is 36.6. The summed E-state index contributed by atoms with van der Waals surface area (Å²) in [5, 5.41) is 22.0. The Bertz CT molecular complexity index is 1990. The maximum Gasteiger partial charge on any atom is 0.338 e. The number of ether oxygens (including phenoxy) is 1. The number of hydrogen-bond acceptors (Lipinski definition) is 8. The van der Waals surface area contributed by atoms with E-state index in [0.29, 0.717) is 61.1 Å². The van der Waals surface area contributed by atoms with Crippen LogP contribution in [0, 0.1) is 32.1 Å². The molecule has 3 aromatic heterocycles. The fourth-order valence-electron chi connectivity index (χ4n) is 5.12. The van der Waals surface area contributed by atoms with E-state index in [4.69, 9.17) is 16.3 Å². The molecule has 5 aromatic rings. The highest BCUT2D eigenvalue weighted by atomic mass is 35.5. The molecule has 42 heavy (non-hydrogen) atoms. The highest BCUT2D eigenvalue weighted by Gasteiger charge is 2.20. The molecule has 11 heteroatoms. The zero-order chi connectivity index (χ0) is 30.3. The summed E-state index contributed by atoms with van der Waals surface area (Å²) in [7, 11) is 3.90. The Morgan fingerprint density at radius 1 is 1.17 bits per heavy atom. The Morgan fingerprint density at radius 2 is 1.93 bits per heavy atom. The molecule has 1 N–H and O–H groups in total. The summed E-state index contributed by atoms with van der Waals surface area (Å²) in [6, 6.07) is 11.2. The van der Waals surface area contributed by atoms with E-state index in [-0.39, 0.29) is 24.3 Å². The number of nitriles is 1. The molecular formula is C31H28ClN5O4S. The Labute approximate surface area is 251 Å². The molecule has 0 amide bonds. The van der Waals surface area contributed by atoms with E-state index in [1.807, 2.05) is 38.1 Å². The van der Waals surface area contributed by atoms with Crippen molar-refractivity contribution in [1.29, 1.82) is 5.26 Å². The van der Waals surface area contributed by atoms with Crippen molar-refractivity contribution >= 4 is 50.0 Å². The molecule has 0 atom stereocenters. The number of rotatable bonds is 8. The average Bonchev–Trinajstić information content (AvgIpc) is 3.35. The van der Waals surface area contributed by atoms with Gasteiger partial charge in [-0.3, -0.25) is 14.3 Å². The van der Waals surface area contributed by atoms with E-state index < -0.39 is 5.97 Å². The van der Waals surface area contributed by atoms with Gasteiger partial charge < -0.3 is 14.7 Å². The van der Waals surface area contributed by atoms with Gasteiger partial charge in [0.25, 0.3) is 5.56 Å². The van der Waals surface area contributed by atoms with Crippen LogP contribution in [0.2, 0.25) is 5.02 Å². The summed E-state index contributed by atoms with van der Waals surface area (Å²) < 4.78 is 8.45. The lowest BCUT2D eigenvalue weighted by Gasteiger charge is -2.17. The molecule has 3 heterocycles. The molecule has 0 unspecified atom stereocenters. The first-order valence-electron chi connectivity index (χ1n) is 13.1. The van der Waals surface area contributed by atoms with E-state index >= 15 is 0 Å². The number of carboxylic acids is 1. The minimum atomic E-state index is -1.04. The summed E-state index contributed by atoms with van der Waals surface area (Å²) in [5.41, 5.74) is 4.93. The summed E-state index contributed by atoms with van der Waals surface area (Å²) in [5.74, 6) is 0.00138. The van der Waals surface area contributed by atoms with Crippen LogP contribution in [0.5, 0.6) is 5.75 Å². The first-order chi connectivity index (χ1) is 20.0. The molecule has 214 valence electrons. The van der Waals surface area contributed by atoms with Crippen LogP contribution in [-0.4, -0.2) is 51.2 Å². The van der Waals surface area contributed by atoms with Crippen LogP contribution in [0.4, 0.5) is 0 Å². The highest BCUT2D eigenvalue weighted by Crippen LogP contribution is 2.40. The topological polar surface area (TPSA) is 121 Å². The SMILES string of the molecule is Cc1cc(-c2cc(Cl)ccc2OCCn2c(C)nc3cc(CN(C)C)c(C)c(C#N)c3c2=O)c2scc(C(=O)O)c2n1. The van der Waals surface area contributed by atoms with Crippen LogP contribution >= 0.6 is 22.9 Å². The standard InChI is InChI=1S/C31H28ClN5O4S/c1-16-10-22(29-28(34-16)24(15-42-29)31(39)40)21-12-20(32)6-7-26(21)41-9-8-37-18(3)35-25-11-19(14-36(4)5)17(2)23(13-33)27(25)30(37)38/h6-7,10-12,15H,8-9,14H2,1-5H3,(H,39,40). The summed E-state index contributed by atoms with van der Waals surface area (Å²) >= 11 is 7.67. The number of pyridine rings is 1. The van der Waals surface area contributed by atoms with Crippen molar-refractivity contribution in [2.75, 3.05) is 20.7 Å². The van der Waals surface area contributed by atoms with E-state index in [2.05, 4.69) is 16.0 Å². The third kappa shape index (κ3) is 5.34. The third-order valence-electron chi connectivity index (χ3n) is 7.09. The van der Waals surface area contributed by atoms with Crippen LogP contribution in [0.3, 0.4) is 0 Å². The van der Waals surface area contributed by atoms with Crippen LogP contribution in [-0.2, 0) is 13.1 Å². The molecule has 0 fully saturated rings. The number of carboxylic acid groups (broad SMARTS) is 1. The molecule has 2 aromatic carbocycles. The van der Waals surface area contributed by atoms with Gasteiger partial charge in [0.05, 0.1) is 38.8 Å². The maximum absolute atomic E-state index is 13.7. The van der Waals surface area contributed by atoms with Crippen molar-refractivity contribution in [2.24, 2.45) is 0 Å². The van der Waals surface area contributed by atoms with Gasteiger partial charge in [-0.2, -0.15) is 5.26 Å². The molecule has 0 saturated carbocycles. The van der Waals surface area contributed by atoms with Gasteiger partial charge in [-0.05, 0) is 76.3 Å². The fraction of sp³-hybridized carbons (Fsp3) is 0.258. The number of aryl methyl sites for hydroxylation is 2. The predicted molar refractivity (Wildman–Crippen MR) is 165 cm³/mol. The van der Waals surface area contributed by atoms with Gasteiger partial charge in [0.15, 0.2) is 0 Å². The van der Waals surface area contributed by atoms with Crippen molar-refractivity contribution in [3.63, 3.8) is 0 Å². The van der Waals surface area contributed by atoms with Crippen LogP contribution in [0.25, 0.3) is 32.2 Å². The number of aromatic carboxylic acids is 1. The molecule has 0 saturated heterocycles. The number of halogens is 1. The van der Waals surface area contributed by atoms with Gasteiger partial charge in [0.1, 0.15) is 24.3 Å². The number of aromatic nitrogens is 3. The Balaban J connectivity index is 1.51. The number of thiophene rings is 1. The molecule has 0 bridgehead atoms. The smallest absolute Gasteiger partial charge is 0.338 e. The van der Waals surface area contributed by atoms with E-state index in [1.165, 1.54) is 15.9 Å². The number of benzene rings is 2. The second-order valence-electron chi connectivity index (χ2n) is 10.3. The van der Waals surface area contributed by atoms with Gasteiger partial charge >= 0.3 is 5.97 Å². The molecule has 0 aliphatic carbocycles. The number of fused-ring (bicyclic) bond motifs is 2. The zero-order valence-corrected chi connectivity index (χ0v) is 25.4. The molecular weight excluding hydrogens is 574 g/mol. The Morgan fingerprint density at radius 3 is 2.62 bits per heavy atom. The van der Waals surface area contributed by atoms with Gasteiger partial charge in [-0.1, -0.05) is 11.6 Å². The van der Waals surface area contributed by atoms with Crippen LogP contribution < -0.4 is 10.3 Å². The number of hydrogen-bond donors (Lipinski definition) is 1. The summed E-state index contributed by atoms with van der Waals surface area (Å²) in [6.07, 6.45) is 0. The molecule has 9 nitrogen and oxygen atoms in total. The average molecular weight is 602 g/mol. The number of carbonyl (C=O) groups is 1. The first-order valence-corrected chi connectivity index (χ1v) is 14.4. The summed E-state index contributed by atoms with van der Waals surface area (Å²) in [6.45, 7) is 6.39. The molecule has 0 spiro atoms. The molecule has 0 aliphatic heterocycles. The number of nitrogens with zero attached hydrogens (tertiary/aromatic N) is 5. The third-order valence-corrected chi connectivity index (χ3v) is 8.33. The van der Waals surface area contributed by atoms with Crippen molar-refractivity contribution in [2.45, 2.75) is 33.9 Å². The lowest BCUT2D eigenvalue weighted by atomic mass is 9.98. The van der Waals surface area contributed by atoms with Crippen LogP contribution in [0.15, 0.2) is 40.5 Å². The normalized spacial score (nSPS) is 11.4. The zero-order valence-electron chi connectivity index (χ0n) is 23.8. The fourth-order valence-corrected chi connectivity index (χ4v) is 6.31. The van der Waals surface area contributed by atoms with Crippen LogP contribution in [0.1, 0.15) is 38.6 Å². The molecule has 0 aliphatic rings. The maximum atomic E-state index is 13.7. The monoisotopic (exact) mass is 601 g/mol. The van der Waals surface area contributed by atoms with Gasteiger partial charge in [-0.25, -0.2) is 9.78 Å². The minimum absolute atomic E-state index is 0.139. The Hall–Kier alpha value is -4.30. The quantitative estimate of drug-likeness (QED) is 0.231. The molecule has 0 radical (unpaired) electrons. The van der Waals surface area contributed by atoms with Crippen molar-refractivity contribution < 1.29 is 14.6 Å². The van der Waals surface area contributed by atoms with Crippen molar-refractivity contribution in [1.82, 2.24) is 19.4 Å². The lowest BCUT2D eigenvalue weighted by Crippen LogP contribution is -2.27. The van der Waals surface area contributed by atoms with Gasteiger partial charge in [-0.15, -0.1) is 11.3 Å². The Kier molecular flexibility index (Phi) is 8.01. The van der Waals surface area contributed by atoms with E-state index in [9.17, 15) is 20.0 Å². The minimum Gasteiger partial charge on any atom is -0.491 e. The van der Waals surface area contributed by atoms with E-state index in [1.54, 1.807) is 37.4 Å². The van der Waals surface area contributed by atoms with Gasteiger partial charge in [0.2, 0.25) is 0 Å². The predicted octanol–water partition coefficient (Wildman–Crippen LogP) is 5.96. The first kappa shape index (κ1) is 29.2. The molecule has 5 rings (SSSR count). The van der Waals surface area contributed by atoms with E-state index in [0.717, 1.165) is 16.7 Å². The second kappa shape index (κ2) is 11.5.